The van der Waals surface area contributed by atoms with Crippen molar-refractivity contribution in [2.75, 3.05) is 6.54 Å². The van der Waals surface area contributed by atoms with Crippen molar-refractivity contribution in [1.82, 2.24) is 10.3 Å². The molecule has 1 heterocycles. The Bertz CT molecular complexity index is 413. The first-order chi connectivity index (χ1) is 8.77. The zero-order valence-corrected chi connectivity index (χ0v) is 10.5. The van der Waals surface area contributed by atoms with Gasteiger partial charge in [-0.3, -0.25) is 4.98 Å². The molecule has 0 fully saturated rings. The van der Waals surface area contributed by atoms with Crippen molar-refractivity contribution >= 4 is 0 Å². The van der Waals surface area contributed by atoms with E-state index in [9.17, 15) is 5.11 Å². The molecule has 0 aliphatic rings. The van der Waals surface area contributed by atoms with Crippen LogP contribution in [0.25, 0.3) is 0 Å². The summed E-state index contributed by atoms with van der Waals surface area (Å²) in [7, 11) is 0. The van der Waals surface area contributed by atoms with Gasteiger partial charge in [-0.05, 0) is 24.6 Å². The SMILES string of the molecule is C[C@H](NC[C@H](O)c1ccccn1)c1ccccc1. The lowest BCUT2D eigenvalue weighted by Crippen LogP contribution is -2.25. The lowest BCUT2D eigenvalue weighted by Gasteiger charge is -2.17. The van der Waals surface area contributed by atoms with Gasteiger partial charge >= 0.3 is 0 Å². The van der Waals surface area contributed by atoms with Gasteiger partial charge in [0.05, 0.1) is 5.69 Å². The van der Waals surface area contributed by atoms with Gasteiger partial charge in [-0.1, -0.05) is 36.4 Å². The molecule has 18 heavy (non-hydrogen) atoms. The summed E-state index contributed by atoms with van der Waals surface area (Å²) in [6.07, 6.45) is 1.12. The summed E-state index contributed by atoms with van der Waals surface area (Å²) in [6, 6.07) is 16.0. The number of hydrogen-bond acceptors (Lipinski definition) is 3. The van der Waals surface area contributed by atoms with Crippen molar-refractivity contribution in [3.8, 4) is 0 Å². The maximum absolute atomic E-state index is 9.99. The molecule has 0 saturated carbocycles. The van der Waals surface area contributed by atoms with Crippen LogP contribution in [0.3, 0.4) is 0 Å². The van der Waals surface area contributed by atoms with Gasteiger partial charge in [-0.2, -0.15) is 0 Å². The predicted octanol–water partition coefficient (Wildman–Crippen LogP) is 2.47. The van der Waals surface area contributed by atoms with Gasteiger partial charge in [0.15, 0.2) is 0 Å². The molecule has 0 bridgehead atoms. The molecular weight excluding hydrogens is 224 g/mol. The van der Waals surface area contributed by atoms with Crippen LogP contribution in [-0.2, 0) is 0 Å². The summed E-state index contributed by atoms with van der Waals surface area (Å²) >= 11 is 0. The Morgan fingerprint density at radius 1 is 1.11 bits per heavy atom. The highest BCUT2D eigenvalue weighted by Gasteiger charge is 2.10. The van der Waals surface area contributed by atoms with Crippen molar-refractivity contribution in [2.45, 2.75) is 19.1 Å². The lowest BCUT2D eigenvalue weighted by atomic mass is 10.1. The minimum Gasteiger partial charge on any atom is -0.385 e. The number of aliphatic hydroxyl groups excluding tert-OH is 1. The van der Waals surface area contributed by atoms with Gasteiger partial charge in [-0.25, -0.2) is 0 Å². The van der Waals surface area contributed by atoms with E-state index in [1.54, 1.807) is 6.20 Å². The van der Waals surface area contributed by atoms with E-state index in [0.29, 0.717) is 12.2 Å². The fraction of sp³-hybridized carbons (Fsp3) is 0.267. The van der Waals surface area contributed by atoms with E-state index >= 15 is 0 Å². The van der Waals surface area contributed by atoms with E-state index in [1.807, 2.05) is 36.4 Å². The van der Waals surface area contributed by atoms with E-state index in [2.05, 4.69) is 29.4 Å². The molecule has 0 aliphatic heterocycles. The number of nitrogens with one attached hydrogen (secondary N) is 1. The average Bonchev–Trinajstić information content (AvgIpc) is 2.46. The number of nitrogens with zero attached hydrogens (tertiary/aromatic N) is 1. The molecule has 2 rings (SSSR count). The first kappa shape index (κ1) is 12.7. The maximum atomic E-state index is 9.99. The van der Waals surface area contributed by atoms with Crippen molar-refractivity contribution in [3.05, 3.63) is 66.0 Å². The third-order valence-corrected chi connectivity index (χ3v) is 2.95. The molecule has 0 saturated heterocycles. The van der Waals surface area contributed by atoms with Gasteiger partial charge in [0.1, 0.15) is 6.10 Å². The zero-order valence-electron chi connectivity index (χ0n) is 10.5. The van der Waals surface area contributed by atoms with Crippen LogP contribution in [-0.4, -0.2) is 16.6 Å². The van der Waals surface area contributed by atoms with Gasteiger partial charge in [0, 0.05) is 18.8 Å². The molecule has 0 spiro atoms. The van der Waals surface area contributed by atoms with Crippen LogP contribution in [0.2, 0.25) is 0 Å². The van der Waals surface area contributed by atoms with E-state index in [4.69, 9.17) is 0 Å². The highest BCUT2D eigenvalue weighted by Crippen LogP contribution is 2.13. The molecule has 2 N–H and O–H groups in total. The molecule has 2 atom stereocenters. The molecule has 0 radical (unpaired) electrons. The fourth-order valence-corrected chi connectivity index (χ4v) is 1.83. The molecule has 1 aromatic carbocycles. The third kappa shape index (κ3) is 3.39. The van der Waals surface area contributed by atoms with Crippen LogP contribution < -0.4 is 5.32 Å². The first-order valence-corrected chi connectivity index (χ1v) is 6.14. The number of aliphatic hydroxyl groups is 1. The van der Waals surface area contributed by atoms with Gasteiger partial charge in [-0.15, -0.1) is 0 Å². The van der Waals surface area contributed by atoms with Crippen LogP contribution >= 0.6 is 0 Å². The van der Waals surface area contributed by atoms with E-state index in [1.165, 1.54) is 5.56 Å². The first-order valence-electron chi connectivity index (χ1n) is 6.14. The topological polar surface area (TPSA) is 45.1 Å². The zero-order chi connectivity index (χ0) is 12.8. The van der Waals surface area contributed by atoms with Crippen LogP contribution in [0.4, 0.5) is 0 Å². The summed E-state index contributed by atoms with van der Waals surface area (Å²) in [6.45, 7) is 2.58. The normalized spacial score (nSPS) is 14.1. The highest BCUT2D eigenvalue weighted by atomic mass is 16.3. The molecule has 0 unspecified atom stereocenters. The Balaban J connectivity index is 1.89. The maximum Gasteiger partial charge on any atom is 0.108 e. The second-order valence-electron chi connectivity index (χ2n) is 4.31. The summed E-state index contributed by atoms with van der Waals surface area (Å²) in [5.74, 6) is 0. The average molecular weight is 242 g/mol. The van der Waals surface area contributed by atoms with Crippen LogP contribution in [0.1, 0.15) is 30.3 Å². The Labute approximate surface area is 108 Å². The minimum absolute atomic E-state index is 0.213. The quantitative estimate of drug-likeness (QED) is 0.846. The van der Waals surface area contributed by atoms with Crippen molar-refractivity contribution in [1.29, 1.82) is 0 Å². The van der Waals surface area contributed by atoms with Crippen molar-refractivity contribution in [2.24, 2.45) is 0 Å². The predicted molar refractivity (Wildman–Crippen MR) is 72.1 cm³/mol. The monoisotopic (exact) mass is 242 g/mol. The highest BCUT2D eigenvalue weighted by molar-refractivity contribution is 5.18. The van der Waals surface area contributed by atoms with Crippen LogP contribution in [0.15, 0.2) is 54.7 Å². The molecule has 3 heteroatoms. The fourth-order valence-electron chi connectivity index (χ4n) is 1.83. The van der Waals surface area contributed by atoms with Gasteiger partial charge in [0.25, 0.3) is 0 Å². The van der Waals surface area contributed by atoms with E-state index < -0.39 is 6.10 Å². The minimum atomic E-state index is -0.572. The second-order valence-corrected chi connectivity index (χ2v) is 4.31. The van der Waals surface area contributed by atoms with E-state index in [-0.39, 0.29) is 6.04 Å². The van der Waals surface area contributed by atoms with Gasteiger partial charge < -0.3 is 10.4 Å². The Kier molecular flexibility index (Phi) is 4.45. The smallest absolute Gasteiger partial charge is 0.108 e. The standard InChI is InChI=1S/C15H18N2O/c1-12(13-7-3-2-4-8-13)17-11-15(18)14-9-5-6-10-16-14/h2-10,12,15,17-18H,11H2,1H3/t12-,15-/m0/s1. The molecule has 2 aromatic rings. The third-order valence-electron chi connectivity index (χ3n) is 2.95. The van der Waals surface area contributed by atoms with Crippen molar-refractivity contribution < 1.29 is 5.11 Å². The summed E-state index contributed by atoms with van der Waals surface area (Å²) in [4.78, 5) is 4.14. The Morgan fingerprint density at radius 2 is 1.83 bits per heavy atom. The Hall–Kier alpha value is -1.71. The molecule has 1 aromatic heterocycles. The summed E-state index contributed by atoms with van der Waals surface area (Å²) < 4.78 is 0. The molecule has 0 amide bonds. The largest absolute Gasteiger partial charge is 0.385 e. The lowest BCUT2D eigenvalue weighted by molar-refractivity contribution is 0.166. The summed E-state index contributed by atoms with van der Waals surface area (Å²) in [5, 5.41) is 13.3. The van der Waals surface area contributed by atoms with Crippen LogP contribution in [0, 0.1) is 0 Å². The number of rotatable bonds is 5. The molecule has 3 nitrogen and oxygen atoms in total. The number of hydrogen-bond donors (Lipinski definition) is 2. The van der Waals surface area contributed by atoms with Crippen LogP contribution in [0.5, 0.6) is 0 Å². The van der Waals surface area contributed by atoms with Gasteiger partial charge in [0.2, 0.25) is 0 Å². The second kappa shape index (κ2) is 6.28. The number of aromatic nitrogens is 1. The van der Waals surface area contributed by atoms with Crippen molar-refractivity contribution in [3.63, 3.8) is 0 Å². The number of benzene rings is 1. The molecule has 94 valence electrons. The molecule has 0 aliphatic carbocycles. The molecular formula is C15H18N2O. The Morgan fingerprint density at radius 3 is 2.50 bits per heavy atom. The van der Waals surface area contributed by atoms with E-state index in [0.717, 1.165) is 0 Å². The number of pyridine rings is 1. The summed E-state index contributed by atoms with van der Waals surface area (Å²) in [5.41, 5.74) is 1.91.